The fraction of sp³-hybridized carbons (Fsp3) is 0. The molecule has 3 aromatic heterocycles. The first-order chi connectivity index (χ1) is 7.45. The van der Waals surface area contributed by atoms with Crippen molar-refractivity contribution >= 4 is 11.0 Å². The molecule has 3 heterocycles. The van der Waals surface area contributed by atoms with Gasteiger partial charge in [0.15, 0.2) is 5.65 Å². The van der Waals surface area contributed by atoms with Crippen LogP contribution < -0.4 is 0 Å². The van der Waals surface area contributed by atoms with E-state index in [0.717, 1.165) is 22.3 Å². The number of aromatic nitrogens is 5. The van der Waals surface area contributed by atoms with Gasteiger partial charge in [0, 0.05) is 23.3 Å². The van der Waals surface area contributed by atoms with Gasteiger partial charge in [-0.3, -0.25) is 5.10 Å². The molecule has 0 spiro atoms. The molecule has 1 N–H and O–H groups in total. The van der Waals surface area contributed by atoms with Crippen molar-refractivity contribution in [1.82, 2.24) is 25.4 Å². The largest absolute Gasteiger partial charge is 0.258 e. The number of nitrogens with one attached hydrogen (secondary N) is 1. The summed E-state index contributed by atoms with van der Waals surface area (Å²) in [6, 6.07) is 5.78. The molecule has 0 aromatic carbocycles. The molecule has 0 aliphatic rings. The Labute approximate surface area is 85.2 Å². The lowest BCUT2D eigenvalue weighted by molar-refractivity contribution is 0.942. The number of H-pyrrole nitrogens is 1. The van der Waals surface area contributed by atoms with Crippen LogP contribution in [0.25, 0.3) is 22.3 Å². The maximum absolute atomic E-state index is 4.19. The second kappa shape index (κ2) is 3.13. The van der Waals surface area contributed by atoms with Crippen LogP contribution in [0.4, 0.5) is 0 Å². The fourth-order valence-electron chi connectivity index (χ4n) is 1.55. The first-order valence-electron chi connectivity index (χ1n) is 4.51. The van der Waals surface area contributed by atoms with Crippen molar-refractivity contribution in [3.63, 3.8) is 0 Å². The molecule has 0 atom stereocenters. The van der Waals surface area contributed by atoms with Crippen molar-refractivity contribution in [2.24, 2.45) is 0 Å². The van der Waals surface area contributed by atoms with E-state index >= 15 is 0 Å². The lowest BCUT2D eigenvalue weighted by Crippen LogP contribution is -1.86. The Morgan fingerprint density at radius 3 is 2.87 bits per heavy atom. The van der Waals surface area contributed by atoms with Gasteiger partial charge in [0.2, 0.25) is 0 Å². The molecule has 3 rings (SSSR count). The number of pyridine rings is 2. The minimum absolute atomic E-state index is 0.726. The van der Waals surface area contributed by atoms with E-state index in [1.165, 1.54) is 0 Å². The van der Waals surface area contributed by atoms with Gasteiger partial charge in [-0.25, -0.2) is 9.97 Å². The molecule has 0 saturated heterocycles. The molecule has 0 unspecified atom stereocenters. The van der Waals surface area contributed by atoms with E-state index in [9.17, 15) is 0 Å². The molecule has 0 aliphatic heterocycles. The summed E-state index contributed by atoms with van der Waals surface area (Å²) in [5.74, 6) is 0. The molecule has 0 bridgehead atoms. The summed E-state index contributed by atoms with van der Waals surface area (Å²) in [4.78, 5) is 8.37. The van der Waals surface area contributed by atoms with Crippen molar-refractivity contribution < 1.29 is 0 Å². The van der Waals surface area contributed by atoms with Crippen LogP contribution >= 0.6 is 0 Å². The minimum Gasteiger partial charge on any atom is -0.258 e. The van der Waals surface area contributed by atoms with Gasteiger partial charge in [0.1, 0.15) is 0 Å². The van der Waals surface area contributed by atoms with E-state index in [1.807, 2.05) is 18.2 Å². The van der Waals surface area contributed by atoms with Crippen LogP contribution in [0.15, 0.2) is 36.8 Å². The van der Waals surface area contributed by atoms with E-state index in [0.29, 0.717) is 0 Å². The average molecular weight is 197 g/mol. The third-order valence-electron chi connectivity index (χ3n) is 2.22. The van der Waals surface area contributed by atoms with Crippen LogP contribution in [0.5, 0.6) is 0 Å². The highest BCUT2D eigenvalue weighted by molar-refractivity contribution is 5.90. The number of hydrogen-bond acceptors (Lipinski definition) is 4. The molecular formula is C10H7N5. The van der Waals surface area contributed by atoms with Gasteiger partial charge in [-0.15, -0.1) is 5.10 Å². The summed E-state index contributed by atoms with van der Waals surface area (Å²) < 4.78 is 0. The Bertz CT molecular complexity index is 582. The van der Waals surface area contributed by atoms with Gasteiger partial charge in [-0.1, -0.05) is 5.21 Å². The van der Waals surface area contributed by atoms with Crippen LogP contribution in [0.2, 0.25) is 0 Å². The lowest BCUT2D eigenvalue weighted by atomic mass is 10.1. The molecule has 3 aromatic rings. The highest BCUT2D eigenvalue weighted by Crippen LogP contribution is 2.23. The monoisotopic (exact) mass is 197 g/mol. The van der Waals surface area contributed by atoms with Crippen LogP contribution in [-0.4, -0.2) is 25.4 Å². The maximum atomic E-state index is 4.19. The van der Waals surface area contributed by atoms with Crippen LogP contribution in [-0.2, 0) is 0 Å². The topological polar surface area (TPSA) is 67.3 Å². The van der Waals surface area contributed by atoms with E-state index in [-0.39, 0.29) is 0 Å². The molecule has 0 fully saturated rings. The average Bonchev–Trinajstić information content (AvgIpc) is 2.82. The van der Waals surface area contributed by atoms with E-state index in [4.69, 9.17) is 0 Å². The zero-order valence-corrected chi connectivity index (χ0v) is 7.75. The summed E-state index contributed by atoms with van der Waals surface area (Å²) >= 11 is 0. The SMILES string of the molecule is c1cnc2nccc(-c3cnn[nH]3)c2c1. The van der Waals surface area contributed by atoms with Crippen LogP contribution in [0, 0.1) is 0 Å². The molecule has 5 nitrogen and oxygen atoms in total. The minimum atomic E-state index is 0.726. The van der Waals surface area contributed by atoms with Crippen LogP contribution in [0.1, 0.15) is 0 Å². The van der Waals surface area contributed by atoms with Gasteiger partial charge >= 0.3 is 0 Å². The third kappa shape index (κ3) is 1.25. The first-order valence-corrected chi connectivity index (χ1v) is 4.51. The highest BCUT2D eigenvalue weighted by atomic mass is 15.3. The highest BCUT2D eigenvalue weighted by Gasteiger charge is 2.05. The number of fused-ring (bicyclic) bond motifs is 1. The van der Waals surface area contributed by atoms with Crippen molar-refractivity contribution in [3.8, 4) is 11.3 Å². The Morgan fingerprint density at radius 2 is 2.00 bits per heavy atom. The Balaban J connectivity index is 2.36. The number of rotatable bonds is 1. The zero-order valence-electron chi connectivity index (χ0n) is 7.75. The summed E-state index contributed by atoms with van der Waals surface area (Å²) in [7, 11) is 0. The first kappa shape index (κ1) is 8.05. The van der Waals surface area contributed by atoms with E-state index < -0.39 is 0 Å². The van der Waals surface area contributed by atoms with Crippen molar-refractivity contribution in [3.05, 3.63) is 36.8 Å². The Kier molecular flexibility index (Phi) is 1.68. The number of hydrogen-bond donors (Lipinski definition) is 1. The predicted molar refractivity (Wildman–Crippen MR) is 54.9 cm³/mol. The van der Waals surface area contributed by atoms with Gasteiger partial charge in [0.05, 0.1) is 11.9 Å². The normalized spacial score (nSPS) is 10.7. The number of aromatic amines is 1. The molecule has 0 aliphatic carbocycles. The molecule has 0 radical (unpaired) electrons. The summed E-state index contributed by atoms with van der Waals surface area (Å²) in [5.41, 5.74) is 2.61. The van der Waals surface area contributed by atoms with E-state index in [1.54, 1.807) is 18.6 Å². The molecule has 72 valence electrons. The second-order valence-corrected chi connectivity index (χ2v) is 3.10. The van der Waals surface area contributed by atoms with Gasteiger partial charge in [-0.2, -0.15) is 0 Å². The van der Waals surface area contributed by atoms with Crippen molar-refractivity contribution in [2.75, 3.05) is 0 Å². The quantitative estimate of drug-likeness (QED) is 0.640. The number of nitrogens with zero attached hydrogens (tertiary/aromatic N) is 4. The molecule has 0 saturated carbocycles. The van der Waals surface area contributed by atoms with Crippen LogP contribution in [0.3, 0.4) is 0 Å². The smallest absolute Gasteiger partial charge is 0.159 e. The van der Waals surface area contributed by atoms with E-state index in [2.05, 4.69) is 25.4 Å². The lowest BCUT2D eigenvalue weighted by Gasteiger charge is -2.01. The molecule has 15 heavy (non-hydrogen) atoms. The predicted octanol–water partition coefficient (Wildman–Crippen LogP) is 1.41. The van der Waals surface area contributed by atoms with Crippen molar-refractivity contribution in [2.45, 2.75) is 0 Å². The second-order valence-electron chi connectivity index (χ2n) is 3.10. The fourth-order valence-corrected chi connectivity index (χ4v) is 1.55. The summed E-state index contributed by atoms with van der Waals surface area (Å²) in [5, 5.41) is 11.3. The third-order valence-corrected chi connectivity index (χ3v) is 2.22. The standard InChI is InChI=1S/C10H7N5/c1-2-8-7(9-6-13-15-14-9)3-5-12-10(8)11-4-1/h1-6H,(H,13,14,15). The Morgan fingerprint density at radius 1 is 1.07 bits per heavy atom. The Hall–Kier alpha value is -2.30. The molecule has 5 heteroatoms. The zero-order chi connectivity index (χ0) is 10.1. The van der Waals surface area contributed by atoms with Gasteiger partial charge in [0.25, 0.3) is 0 Å². The molecular weight excluding hydrogens is 190 g/mol. The van der Waals surface area contributed by atoms with Gasteiger partial charge < -0.3 is 0 Å². The molecule has 0 amide bonds. The van der Waals surface area contributed by atoms with Gasteiger partial charge in [-0.05, 0) is 18.2 Å². The summed E-state index contributed by atoms with van der Waals surface area (Å²) in [6.07, 6.45) is 5.14. The maximum Gasteiger partial charge on any atom is 0.159 e. The van der Waals surface area contributed by atoms with Crippen molar-refractivity contribution in [1.29, 1.82) is 0 Å². The summed E-state index contributed by atoms with van der Waals surface area (Å²) in [6.45, 7) is 0.